The number of benzene rings is 9. The number of thiophene rings is 1. The summed E-state index contributed by atoms with van der Waals surface area (Å²) >= 11 is 1.87. The predicted molar refractivity (Wildman–Crippen MR) is 291 cm³/mol. The molecule has 0 radical (unpaired) electrons. The van der Waals surface area contributed by atoms with Gasteiger partial charge in [-0.05, 0) is 85.3 Å². The van der Waals surface area contributed by atoms with Crippen molar-refractivity contribution in [2.75, 3.05) is 4.90 Å². The fourth-order valence-corrected chi connectivity index (χ4v) is 11.1. The Balaban J connectivity index is 1.20. The molecule has 10 aromatic rings. The Morgan fingerprint density at radius 3 is 1.27 bits per heavy atom. The molecule has 9 aromatic carbocycles. The van der Waals surface area contributed by atoms with Crippen LogP contribution in [0.4, 0.5) is 17.1 Å². The van der Waals surface area contributed by atoms with Crippen molar-refractivity contribution in [1.82, 2.24) is 0 Å². The minimum Gasteiger partial charge on any atom is -0.313 e. The maximum absolute atomic E-state index is 2.59. The lowest BCUT2D eigenvalue weighted by atomic mass is 9.62. The van der Waals surface area contributed by atoms with E-state index < -0.39 is 0 Å². The van der Waals surface area contributed by atoms with Gasteiger partial charge in [-0.15, -0.1) is 11.3 Å². The molecule has 0 aliphatic heterocycles. The van der Waals surface area contributed by atoms with E-state index in [2.05, 4.69) is 219 Å². The van der Waals surface area contributed by atoms with Gasteiger partial charge in [0.2, 0.25) is 0 Å². The van der Waals surface area contributed by atoms with Crippen molar-refractivity contribution in [3.05, 3.63) is 152 Å². The second kappa shape index (κ2) is 14.9. The maximum Gasteiger partial charge on any atom is 0.141 e. The molecule has 1 aromatic heterocycles. The summed E-state index contributed by atoms with van der Waals surface area (Å²) in [6.45, 7) is 0. The minimum absolute atomic E-state index is 1.16. The topological polar surface area (TPSA) is 3.24 Å². The van der Waals surface area contributed by atoms with Crippen molar-refractivity contribution in [3.8, 4) is 33.4 Å². The summed E-state index contributed by atoms with van der Waals surface area (Å²) in [5.41, 5.74) is 21.9. The minimum atomic E-state index is 1.16. The van der Waals surface area contributed by atoms with E-state index in [-0.39, 0.29) is 0 Å². The van der Waals surface area contributed by atoms with Crippen LogP contribution in [0.3, 0.4) is 0 Å². The van der Waals surface area contributed by atoms with E-state index in [4.69, 9.17) is 0 Å². The highest BCUT2D eigenvalue weighted by atomic mass is 32.1. The van der Waals surface area contributed by atoms with Gasteiger partial charge in [-0.25, -0.2) is 0 Å². The number of fused-ring (bicyclic) bond motifs is 5. The number of nitrogens with zero attached hydrogens (tertiary/aromatic N) is 1. The van der Waals surface area contributed by atoms with Gasteiger partial charge >= 0.3 is 0 Å². The zero-order chi connectivity index (χ0) is 41.4. The smallest absolute Gasteiger partial charge is 0.141 e. The molecule has 276 valence electrons. The Morgan fingerprint density at radius 1 is 0.333 bits per heavy atom. The molecule has 1 heterocycles. The molecule has 0 saturated heterocycles. The first kappa shape index (κ1) is 38.3. The highest BCUT2D eigenvalue weighted by molar-refractivity contribution is 7.25. The summed E-state index contributed by atoms with van der Waals surface area (Å²) in [4.78, 5) is 2.59. The Kier molecular flexibility index (Phi) is 9.53. The third-order valence-corrected chi connectivity index (χ3v) is 14.7. The van der Waals surface area contributed by atoms with Crippen molar-refractivity contribution < 1.29 is 0 Å². The van der Waals surface area contributed by atoms with Crippen molar-refractivity contribution in [1.29, 1.82) is 0 Å². The molecule has 0 N–H and O–H groups in total. The van der Waals surface area contributed by atoms with Gasteiger partial charge in [0.15, 0.2) is 0 Å². The lowest BCUT2D eigenvalue weighted by Gasteiger charge is -2.36. The second-order valence-electron chi connectivity index (χ2n) is 16.7. The molecule has 0 atom stereocenters. The molecule has 0 aliphatic rings. The highest BCUT2D eigenvalue weighted by Gasteiger charge is 2.27. The van der Waals surface area contributed by atoms with Crippen LogP contribution in [0.1, 0.15) is 0 Å². The van der Waals surface area contributed by atoms with Crippen LogP contribution in [-0.2, 0) is 0 Å². The Morgan fingerprint density at radius 2 is 0.750 bits per heavy atom. The fourth-order valence-electron chi connectivity index (χ4n) is 10.0. The van der Waals surface area contributed by atoms with Crippen LogP contribution in [0.25, 0.3) is 75.1 Å². The molecule has 0 saturated carbocycles. The van der Waals surface area contributed by atoms with Gasteiger partial charge in [-0.1, -0.05) is 165 Å². The molecule has 0 fully saturated rings. The van der Waals surface area contributed by atoms with E-state index >= 15 is 0 Å². The molecule has 1 nitrogen and oxygen atoms in total. The van der Waals surface area contributed by atoms with Gasteiger partial charge in [-0.3, -0.25) is 0 Å². The lowest BCUT2D eigenvalue weighted by molar-refractivity contribution is 1.33. The monoisotopic (exact) mass is 775 g/mol. The normalized spacial score (nSPS) is 11.5. The summed E-state index contributed by atoms with van der Waals surface area (Å²) < 4.78 is 2.66. The SMILES string of the molecule is Bc1c(B)c(N(c2ccc(-c3ccc4sc5ccccc5c4c3)cc2)c2c(B)c(B)c(-c3cccc4ccccc34)c(B)c2B)c(B)c(B)c1-c1cccc2ccccc12. The average Bonchev–Trinajstić information content (AvgIpc) is 3.66. The largest absolute Gasteiger partial charge is 0.313 e. The number of hydrogen-bond donors (Lipinski definition) is 0. The van der Waals surface area contributed by atoms with E-state index in [0.717, 1.165) is 5.69 Å². The van der Waals surface area contributed by atoms with Crippen LogP contribution in [-0.4, -0.2) is 62.8 Å². The summed E-state index contributed by atoms with van der Waals surface area (Å²) in [6.07, 6.45) is 0. The Hall–Kier alpha value is -5.96. The van der Waals surface area contributed by atoms with Gasteiger partial charge in [0.25, 0.3) is 0 Å². The van der Waals surface area contributed by atoms with Crippen LogP contribution in [0.15, 0.2) is 152 Å². The first-order chi connectivity index (χ1) is 29.1. The highest BCUT2D eigenvalue weighted by Crippen LogP contribution is 2.38. The van der Waals surface area contributed by atoms with E-state index in [1.165, 1.54) is 130 Å². The molecule has 10 rings (SSSR count). The molecule has 0 spiro atoms. The standard InChI is InChI=1S/C50H41B8NS/c51-41-39(34-16-7-11-27-9-1-3-13-31(27)34)42(52)46(56)49(45(41)55)59(30-22-19-26(20-23-30)29-21-24-38-36(25-29)33-15-5-6-18-37(33)60-38)50-47(57)43(53)40(44(54)48(50)58)35-17-8-12-28-10-2-4-14-32(28)35/h1-25H,51-58H2. The third kappa shape index (κ3) is 6.02. The summed E-state index contributed by atoms with van der Waals surface area (Å²) in [5.74, 6) is 0. The number of anilines is 3. The molecular weight excluding hydrogens is 733 g/mol. The van der Waals surface area contributed by atoms with Crippen LogP contribution in [0.2, 0.25) is 0 Å². The van der Waals surface area contributed by atoms with E-state index in [1.54, 1.807) is 0 Å². The fraction of sp³-hybridized carbons (Fsp3) is 0. The van der Waals surface area contributed by atoms with Gasteiger partial charge in [0.1, 0.15) is 62.8 Å². The summed E-state index contributed by atoms with van der Waals surface area (Å²) in [5, 5.41) is 7.77. The summed E-state index contributed by atoms with van der Waals surface area (Å²) in [6, 6.07) is 56.1. The van der Waals surface area contributed by atoms with Crippen molar-refractivity contribution >= 4 is 177 Å². The van der Waals surface area contributed by atoms with Crippen LogP contribution >= 0.6 is 11.3 Å². The van der Waals surface area contributed by atoms with Gasteiger partial charge < -0.3 is 4.90 Å². The zero-order valence-corrected chi connectivity index (χ0v) is 36.6. The quantitative estimate of drug-likeness (QED) is 0.228. The molecule has 0 bridgehead atoms. The van der Waals surface area contributed by atoms with E-state index in [9.17, 15) is 0 Å². The molecule has 0 unspecified atom stereocenters. The van der Waals surface area contributed by atoms with Gasteiger partial charge in [-0.2, -0.15) is 0 Å². The zero-order valence-electron chi connectivity index (χ0n) is 35.8. The Labute approximate surface area is 364 Å². The summed E-state index contributed by atoms with van der Waals surface area (Å²) in [7, 11) is 18.7. The first-order valence-corrected chi connectivity index (χ1v) is 21.9. The van der Waals surface area contributed by atoms with Gasteiger partial charge in [0.05, 0.1) is 0 Å². The molecule has 0 amide bonds. The second-order valence-corrected chi connectivity index (χ2v) is 17.8. The van der Waals surface area contributed by atoms with Crippen LogP contribution in [0, 0.1) is 0 Å². The molecular formula is C50H41B8NS. The van der Waals surface area contributed by atoms with Gasteiger partial charge in [0, 0.05) is 37.2 Å². The Bertz CT molecular complexity index is 3160. The number of hydrogen-bond acceptors (Lipinski definition) is 2. The maximum atomic E-state index is 2.59. The molecule has 10 heteroatoms. The lowest BCUT2D eigenvalue weighted by Crippen LogP contribution is -2.50. The molecule has 60 heavy (non-hydrogen) atoms. The van der Waals surface area contributed by atoms with Crippen LogP contribution < -0.4 is 48.6 Å². The van der Waals surface area contributed by atoms with Crippen molar-refractivity contribution in [2.45, 2.75) is 0 Å². The van der Waals surface area contributed by atoms with Crippen molar-refractivity contribution in [2.24, 2.45) is 0 Å². The van der Waals surface area contributed by atoms with Crippen LogP contribution in [0.5, 0.6) is 0 Å². The average molecular weight is 774 g/mol. The molecule has 0 aliphatic carbocycles. The predicted octanol–water partition coefficient (Wildman–Crippen LogP) is 0.899. The van der Waals surface area contributed by atoms with E-state index in [1.807, 2.05) is 11.3 Å². The number of rotatable bonds is 6. The van der Waals surface area contributed by atoms with Crippen molar-refractivity contribution in [3.63, 3.8) is 0 Å². The van der Waals surface area contributed by atoms with E-state index in [0.29, 0.717) is 0 Å². The first-order valence-electron chi connectivity index (χ1n) is 21.1. The third-order valence-electron chi connectivity index (χ3n) is 13.6.